The summed E-state index contributed by atoms with van der Waals surface area (Å²) in [6.07, 6.45) is 0. The van der Waals surface area contributed by atoms with E-state index in [0.29, 0.717) is 22.1 Å². The van der Waals surface area contributed by atoms with E-state index in [4.69, 9.17) is 11.6 Å². The molecule has 2 aromatic heterocycles. The predicted molar refractivity (Wildman–Crippen MR) is 93.1 cm³/mol. The first-order chi connectivity index (χ1) is 11.5. The Bertz CT molecular complexity index is 1120. The van der Waals surface area contributed by atoms with Crippen LogP contribution in [0.3, 0.4) is 0 Å². The summed E-state index contributed by atoms with van der Waals surface area (Å²) < 4.78 is 1.88. The molecule has 4 aromatic rings. The summed E-state index contributed by atoms with van der Waals surface area (Å²) in [5, 5.41) is 12.5. The van der Waals surface area contributed by atoms with Crippen LogP contribution in [0.4, 0.5) is 5.69 Å². The first-order valence-corrected chi connectivity index (χ1v) is 7.58. The Kier molecular flexibility index (Phi) is 3.21. The number of benzene rings is 2. The van der Waals surface area contributed by atoms with Gasteiger partial charge in [-0.2, -0.15) is 0 Å². The molecule has 0 aliphatic heterocycles. The number of imidazole rings is 1. The minimum Gasteiger partial charge on any atom is -0.326 e. The van der Waals surface area contributed by atoms with E-state index in [1.807, 2.05) is 35.9 Å². The lowest BCUT2D eigenvalue weighted by Crippen LogP contribution is -1.95. The van der Waals surface area contributed by atoms with E-state index in [-0.39, 0.29) is 5.69 Å². The number of aryl methyl sites for hydroxylation is 1. The van der Waals surface area contributed by atoms with Crippen molar-refractivity contribution in [3.63, 3.8) is 0 Å². The molecule has 2 heterocycles. The number of pyridine rings is 1. The topological polar surface area (TPSA) is 73.8 Å². The lowest BCUT2D eigenvalue weighted by molar-refractivity contribution is -0.384. The number of hydrogen-bond acceptors (Lipinski definition) is 4. The van der Waals surface area contributed by atoms with Crippen LogP contribution in [0.25, 0.3) is 33.5 Å². The zero-order valence-corrected chi connectivity index (χ0v) is 13.4. The number of nitro benzene ring substituents is 1. The van der Waals surface area contributed by atoms with Crippen LogP contribution in [0.5, 0.6) is 0 Å². The van der Waals surface area contributed by atoms with Crippen LogP contribution < -0.4 is 0 Å². The van der Waals surface area contributed by atoms with Crippen molar-refractivity contribution in [3.8, 4) is 11.5 Å². The molecule has 0 spiro atoms. The van der Waals surface area contributed by atoms with Crippen molar-refractivity contribution in [2.45, 2.75) is 0 Å². The quantitative estimate of drug-likeness (QED) is 0.402. The Hall–Kier alpha value is -2.99. The lowest BCUT2D eigenvalue weighted by atomic mass is 10.2. The van der Waals surface area contributed by atoms with E-state index in [9.17, 15) is 10.1 Å². The fourth-order valence-electron chi connectivity index (χ4n) is 2.75. The maximum Gasteiger partial charge on any atom is 0.271 e. The van der Waals surface area contributed by atoms with E-state index in [1.54, 1.807) is 12.1 Å². The Morgan fingerprint density at radius 1 is 1.04 bits per heavy atom. The zero-order chi connectivity index (χ0) is 16.8. The minimum absolute atomic E-state index is 0.0215. The second-order valence-corrected chi connectivity index (χ2v) is 5.89. The van der Waals surface area contributed by atoms with E-state index < -0.39 is 4.92 Å². The second-order valence-electron chi connectivity index (χ2n) is 5.46. The highest BCUT2D eigenvalue weighted by Crippen LogP contribution is 2.27. The van der Waals surface area contributed by atoms with Gasteiger partial charge in [-0.15, -0.1) is 0 Å². The van der Waals surface area contributed by atoms with Gasteiger partial charge in [0.1, 0.15) is 5.69 Å². The summed E-state index contributed by atoms with van der Waals surface area (Å²) in [4.78, 5) is 19.6. The van der Waals surface area contributed by atoms with Crippen molar-refractivity contribution in [2.75, 3.05) is 0 Å². The van der Waals surface area contributed by atoms with Crippen LogP contribution in [-0.2, 0) is 7.05 Å². The second kappa shape index (κ2) is 5.28. The molecule has 24 heavy (non-hydrogen) atoms. The fraction of sp³-hybridized carbons (Fsp3) is 0.0588. The largest absolute Gasteiger partial charge is 0.326 e. The lowest BCUT2D eigenvalue weighted by Gasteiger charge is -2.04. The van der Waals surface area contributed by atoms with Crippen LogP contribution in [-0.4, -0.2) is 19.5 Å². The molecule has 0 radical (unpaired) electrons. The number of fused-ring (bicyclic) bond motifs is 2. The van der Waals surface area contributed by atoms with Crippen molar-refractivity contribution in [1.82, 2.24) is 14.5 Å². The van der Waals surface area contributed by atoms with Gasteiger partial charge in [0.15, 0.2) is 5.82 Å². The van der Waals surface area contributed by atoms with Crippen LogP contribution in [0.15, 0.2) is 48.5 Å². The average molecular weight is 339 g/mol. The van der Waals surface area contributed by atoms with Gasteiger partial charge in [0, 0.05) is 29.6 Å². The molecule has 118 valence electrons. The Morgan fingerprint density at radius 3 is 2.67 bits per heavy atom. The predicted octanol–water partition coefficient (Wildman–Crippen LogP) is 4.35. The van der Waals surface area contributed by atoms with Gasteiger partial charge in [0.05, 0.1) is 21.5 Å². The number of nitrogens with zero attached hydrogens (tertiary/aromatic N) is 4. The summed E-state index contributed by atoms with van der Waals surface area (Å²) in [7, 11) is 1.87. The summed E-state index contributed by atoms with van der Waals surface area (Å²) in [5.41, 5.74) is 2.92. The highest BCUT2D eigenvalue weighted by atomic mass is 35.5. The number of halogens is 1. The van der Waals surface area contributed by atoms with Crippen LogP contribution in [0, 0.1) is 10.1 Å². The maximum absolute atomic E-state index is 10.9. The van der Waals surface area contributed by atoms with E-state index in [1.165, 1.54) is 12.1 Å². The van der Waals surface area contributed by atoms with Crippen molar-refractivity contribution in [1.29, 1.82) is 0 Å². The third kappa shape index (κ3) is 2.28. The third-order valence-electron chi connectivity index (χ3n) is 3.96. The fourth-order valence-corrected chi connectivity index (χ4v) is 2.93. The van der Waals surface area contributed by atoms with Crippen LogP contribution in [0.2, 0.25) is 5.02 Å². The van der Waals surface area contributed by atoms with Crippen LogP contribution >= 0.6 is 11.6 Å². The molecule has 2 aromatic carbocycles. The van der Waals surface area contributed by atoms with Crippen molar-refractivity contribution in [3.05, 3.63) is 63.7 Å². The van der Waals surface area contributed by atoms with Gasteiger partial charge in [-0.3, -0.25) is 10.1 Å². The molecule has 0 atom stereocenters. The molecule has 0 saturated heterocycles. The molecule has 7 heteroatoms. The molecule has 0 bridgehead atoms. The van der Waals surface area contributed by atoms with Crippen LogP contribution in [0.1, 0.15) is 0 Å². The van der Waals surface area contributed by atoms with Gasteiger partial charge >= 0.3 is 0 Å². The minimum atomic E-state index is -0.425. The molecular formula is C17H11ClN4O2. The highest BCUT2D eigenvalue weighted by Gasteiger charge is 2.15. The third-order valence-corrected chi connectivity index (χ3v) is 4.19. The van der Waals surface area contributed by atoms with Gasteiger partial charge in [0.25, 0.3) is 5.69 Å². The van der Waals surface area contributed by atoms with Gasteiger partial charge in [-0.05, 0) is 30.3 Å². The monoisotopic (exact) mass is 338 g/mol. The summed E-state index contributed by atoms with van der Waals surface area (Å²) in [6.45, 7) is 0. The highest BCUT2D eigenvalue weighted by molar-refractivity contribution is 6.31. The Balaban J connectivity index is 1.90. The number of non-ortho nitro benzene ring substituents is 1. The Labute approximate surface area is 141 Å². The average Bonchev–Trinajstić information content (AvgIpc) is 2.90. The van der Waals surface area contributed by atoms with Crippen molar-refractivity contribution >= 4 is 39.2 Å². The molecule has 4 rings (SSSR count). The number of rotatable bonds is 2. The smallest absolute Gasteiger partial charge is 0.271 e. The van der Waals surface area contributed by atoms with E-state index >= 15 is 0 Å². The molecule has 0 aliphatic rings. The number of aromatic nitrogens is 3. The standard InChI is InChI=1S/C17H11ClN4O2/c1-21-16-7-4-12(22(23)24)9-15(16)20-17(21)14-5-2-10-8-11(18)3-6-13(10)19-14/h2-9H,1H3. The van der Waals surface area contributed by atoms with Crippen molar-refractivity contribution in [2.24, 2.45) is 7.05 Å². The maximum atomic E-state index is 10.9. The number of hydrogen-bond donors (Lipinski definition) is 0. The molecule has 0 aliphatic carbocycles. The van der Waals surface area contributed by atoms with Crippen molar-refractivity contribution < 1.29 is 4.92 Å². The summed E-state index contributed by atoms with van der Waals surface area (Å²) >= 11 is 6.00. The van der Waals surface area contributed by atoms with Gasteiger partial charge in [0.2, 0.25) is 0 Å². The molecule has 0 unspecified atom stereocenters. The molecule has 6 nitrogen and oxygen atoms in total. The molecule has 0 fully saturated rings. The normalized spacial score (nSPS) is 11.2. The summed E-state index contributed by atoms with van der Waals surface area (Å²) in [6, 6.07) is 14.0. The van der Waals surface area contributed by atoms with Gasteiger partial charge in [-0.1, -0.05) is 17.7 Å². The molecule has 0 amide bonds. The zero-order valence-electron chi connectivity index (χ0n) is 12.6. The molecule has 0 saturated carbocycles. The first-order valence-electron chi connectivity index (χ1n) is 7.20. The first kappa shape index (κ1) is 14.6. The van der Waals surface area contributed by atoms with Gasteiger partial charge in [-0.25, -0.2) is 9.97 Å². The summed E-state index contributed by atoms with van der Waals surface area (Å²) in [5.74, 6) is 0.655. The van der Waals surface area contributed by atoms with Gasteiger partial charge < -0.3 is 4.57 Å². The van der Waals surface area contributed by atoms with E-state index in [0.717, 1.165) is 16.4 Å². The molecule has 0 N–H and O–H groups in total. The number of nitro groups is 1. The Morgan fingerprint density at radius 2 is 1.88 bits per heavy atom. The SMILES string of the molecule is Cn1c(-c2ccc3cc(Cl)ccc3n2)nc2cc([N+](=O)[O-])ccc21. The van der Waals surface area contributed by atoms with E-state index in [2.05, 4.69) is 9.97 Å². The molecular weight excluding hydrogens is 328 g/mol.